The maximum absolute atomic E-state index is 11.8. The van der Waals surface area contributed by atoms with E-state index in [0.717, 1.165) is 16.2 Å². The molecule has 2 N–H and O–H groups in total. The number of carbonyl (C=O) groups is 1. The Hall–Kier alpha value is -2.63. The van der Waals surface area contributed by atoms with Crippen LogP contribution in [0.3, 0.4) is 0 Å². The van der Waals surface area contributed by atoms with Gasteiger partial charge in [-0.15, -0.1) is 0 Å². The minimum absolute atomic E-state index is 0.401. The van der Waals surface area contributed by atoms with Crippen LogP contribution in [-0.2, 0) is 0 Å². The van der Waals surface area contributed by atoms with Crippen molar-refractivity contribution in [3.63, 3.8) is 0 Å². The highest BCUT2D eigenvalue weighted by molar-refractivity contribution is 5.84. The Kier molecular flexibility index (Phi) is 2.85. The highest BCUT2D eigenvalue weighted by Crippen LogP contribution is 2.05. The van der Waals surface area contributed by atoms with Gasteiger partial charge in [0.2, 0.25) is 0 Å². The predicted molar refractivity (Wildman–Crippen MR) is 64.4 cm³/mol. The minimum atomic E-state index is -1.35. The van der Waals surface area contributed by atoms with Crippen molar-refractivity contribution < 1.29 is 9.90 Å². The van der Waals surface area contributed by atoms with Gasteiger partial charge in [-0.3, -0.25) is 4.79 Å². The molecule has 0 amide bonds. The molecule has 92 valence electrons. The third-order valence-corrected chi connectivity index (χ3v) is 2.42. The normalized spacial score (nSPS) is 10.3. The second kappa shape index (κ2) is 4.33. The van der Waals surface area contributed by atoms with E-state index in [1.807, 2.05) is 13.0 Å². The van der Waals surface area contributed by atoms with E-state index in [2.05, 4.69) is 4.98 Å². The van der Waals surface area contributed by atoms with Crippen LogP contribution in [0, 0.1) is 6.92 Å². The van der Waals surface area contributed by atoms with Crippen molar-refractivity contribution in [1.29, 1.82) is 0 Å². The number of benzene rings is 1. The maximum Gasteiger partial charge on any atom is 0.352 e. The summed E-state index contributed by atoms with van der Waals surface area (Å²) < 4.78 is 0.888. The Morgan fingerprint density at radius 3 is 2.56 bits per heavy atom. The van der Waals surface area contributed by atoms with E-state index in [-0.39, 0.29) is 0 Å². The van der Waals surface area contributed by atoms with Crippen LogP contribution in [0.1, 0.15) is 16.1 Å². The zero-order valence-corrected chi connectivity index (χ0v) is 9.51. The summed E-state index contributed by atoms with van der Waals surface area (Å²) in [4.78, 5) is 36.3. The smallest absolute Gasteiger partial charge is 0.352 e. The molecule has 1 aromatic carbocycles. The Morgan fingerprint density at radius 1 is 1.28 bits per heavy atom. The van der Waals surface area contributed by atoms with Crippen molar-refractivity contribution in [1.82, 2.24) is 9.55 Å². The standard InChI is InChI=1S/C12H10N2O4/c1-7-3-2-4-8(5-7)14-10(15)6-9(11(16)17)13-12(14)18/h2-6H,1H3,(H,13,18)(H,16,17). The molecule has 2 rings (SSSR count). The molecule has 0 atom stereocenters. The molecular formula is C12H10N2O4. The number of carboxylic acid groups (broad SMARTS) is 1. The number of carboxylic acids is 1. The summed E-state index contributed by atoms with van der Waals surface area (Å²) in [6, 6.07) is 7.68. The lowest BCUT2D eigenvalue weighted by Gasteiger charge is -2.05. The van der Waals surface area contributed by atoms with E-state index in [9.17, 15) is 14.4 Å². The molecule has 0 radical (unpaired) electrons. The molecule has 0 fully saturated rings. The van der Waals surface area contributed by atoms with E-state index in [0.29, 0.717) is 5.69 Å². The van der Waals surface area contributed by atoms with Gasteiger partial charge in [-0.05, 0) is 24.6 Å². The van der Waals surface area contributed by atoms with Crippen LogP contribution in [0.15, 0.2) is 39.9 Å². The lowest BCUT2D eigenvalue weighted by Crippen LogP contribution is -2.35. The van der Waals surface area contributed by atoms with Crippen molar-refractivity contribution >= 4 is 5.97 Å². The number of nitrogens with one attached hydrogen (secondary N) is 1. The van der Waals surface area contributed by atoms with Gasteiger partial charge in [0, 0.05) is 6.07 Å². The van der Waals surface area contributed by atoms with E-state index < -0.39 is 22.9 Å². The van der Waals surface area contributed by atoms with Gasteiger partial charge in [-0.25, -0.2) is 14.2 Å². The first-order chi connectivity index (χ1) is 8.49. The first kappa shape index (κ1) is 11.8. The number of aryl methyl sites for hydroxylation is 1. The van der Waals surface area contributed by atoms with Crippen LogP contribution >= 0.6 is 0 Å². The summed E-state index contributed by atoms with van der Waals surface area (Å²) in [6.45, 7) is 1.83. The monoisotopic (exact) mass is 246 g/mol. The molecule has 0 bridgehead atoms. The molecule has 18 heavy (non-hydrogen) atoms. The van der Waals surface area contributed by atoms with E-state index in [4.69, 9.17) is 5.11 Å². The van der Waals surface area contributed by atoms with Crippen LogP contribution in [0.4, 0.5) is 0 Å². The number of hydrogen-bond donors (Lipinski definition) is 2. The lowest BCUT2D eigenvalue weighted by atomic mass is 10.2. The van der Waals surface area contributed by atoms with Crippen LogP contribution in [0.25, 0.3) is 5.69 Å². The summed E-state index contributed by atoms with van der Waals surface area (Å²) in [5.74, 6) is -1.35. The van der Waals surface area contributed by atoms with E-state index >= 15 is 0 Å². The number of aromatic amines is 1. The van der Waals surface area contributed by atoms with Gasteiger partial charge in [0.1, 0.15) is 5.69 Å². The molecule has 2 aromatic rings. The van der Waals surface area contributed by atoms with Crippen molar-refractivity contribution in [3.8, 4) is 5.69 Å². The van der Waals surface area contributed by atoms with E-state index in [1.54, 1.807) is 18.2 Å². The average molecular weight is 246 g/mol. The van der Waals surface area contributed by atoms with Gasteiger partial charge >= 0.3 is 11.7 Å². The second-order valence-electron chi connectivity index (χ2n) is 3.81. The molecule has 0 saturated carbocycles. The molecule has 6 heteroatoms. The van der Waals surface area contributed by atoms with Crippen LogP contribution in [-0.4, -0.2) is 20.6 Å². The zero-order chi connectivity index (χ0) is 13.3. The lowest BCUT2D eigenvalue weighted by molar-refractivity contribution is 0.0689. The van der Waals surface area contributed by atoms with Crippen molar-refractivity contribution in [3.05, 3.63) is 62.4 Å². The largest absolute Gasteiger partial charge is 0.477 e. The van der Waals surface area contributed by atoms with Gasteiger partial charge in [0.15, 0.2) is 0 Å². The SMILES string of the molecule is Cc1cccc(-n2c(=O)cc(C(=O)O)[nH]c2=O)c1. The van der Waals surface area contributed by atoms with Gasteiger partial charge < -0.3 is 10.1 Å². The van der Waals surface area contributed by atoms with Crippen molar-refractivity contribution in [2.24, 2.45) is 0 Å². The molecule has 0 aliphatic rings. The van der Waals surface area contributed by atoms with Gasteiger partial charge in [-0.2, -0.15) is 0 Å². The number of rotatable bonds is 2. The molecule has 0 aliphatic carbocycles. The minimum Gasteiger partial charge on any atom is -0.477 e. The molecule has 0 unspecified atom stereocenters. The molecule has 1 heterocycles. The molecule has 0 spiro atoms. The first-order valence-corrected chi connectivity index (χ1v) is 5.16. The number of nitrogens with zero attached hydrogens (tertiary/aromatic N) is 1. The summed E-state index contributed by atoms with van der Waals surface area (Å²) in [5, 5.41) is 8.72. The summed E-state index contributed by atoms with van der Waals surface area (Å²) >= 11 is 0. The first-order valence-electron chi connectivity index (χ1n) is 5.16. The quantitative estimate of drug-likeness (QED) is 0.808. The zero-order valence-electron chi connectivity index (χ0n) is 9.51. The Balaban J connectivity index is 2.71. The fourth-order valence-electron chi connectivity index (χ4n) is 1.62. The number of aromatic carboxylic acids is 1. The molecule has 0 aliphatic heterocycles. The van der Waals surface area contributed by atoms with Crippen LogP contribution in [0.2, 0.25) is 0 Å². The van der Waals surface area contributed by atoms with Gasteiger partial charge in [0.25, 0.3) is 5.56 Å². The highest BCUT2D eigenvalue weighted by atomic mass is 16.4. The summed E-state index contributed by atoms with van der Waals surface area (Å²) in [6.07, 6.45) is 0. The summed E-state index contributed by atoms with van der Waals surface area (Å²) in [5.41, 5.74) is -0.583. The third kappa shape index (κ3) is 2.08. The molecule has 1 aromatic heterocycles. The fraction of sp³-hybridized carbons (Fsp3) is 0.0833. The number of H-pyrrole nitrogens is 1. The van der Waals surface area contributed by atoms with Gasteiger partial charge in [0.05, 0.1) is 5.69 Å². The van der Waals surface area contributed by atoms with Crippen LogP contribution < -0.4 is 11.2 Å². The van der Waals surface area contributed by atoms with Crippen LogP contribution in [0.5, 0.6) is 0 Å². The fourth-order valence-corrected chi connectivity index (χ4v) is 1.62. The predicted octanol–water partition coefficient (Wildman–Crippen LogP) is 0.532. The second-order valence-corrected chi connectivity index (χ2v) is 3.81. The number of aromatic nitrogens is 2. The topological polar surface area (TPSA) is 92.2 Å². The van der Waals surface area contributed by atoms with Crippen molar-refractivity contribution in [2.45, 2.75) is 6.92 Å². The maximum atomic E-state index is 11.8. The van der Waals surface area contributed by atoms with E-state index in [1.165, 1.54) is 0 Å². The Morgan fingerprint density at radius 2 is 2.00 bits per heavy atom. The Bertz CT molecular complexity index is 696. The highest BCUT2D eigenvalue weighted by Gasteiger charge is 2.10. The van der Waals surface area contributed by atoms with Gasteiger partial charge in [-0.1, -0.05) is 12.1 Å². The Labute approximate surface area is 101 Å². The summed E-state index contributed by atoms with van der Waals surface area (Å²) in [7, 11) is 0. The molecular weight excluding hydrogens is 236 g/mol. The number of hydrogen-bond acceptors (Lipinski definition) is 3. The average Bonchev–Trinajstić information content (AvgIpc) is 2.27. The molecule has 6 nitrogen and oxygen atoms in total. The molecule has 0 saturated heterocycles. The third-order valence-electron chi connectivity index (χ3n) is 2.42. The van der Waals surface area contributed by atoms with Crippen molar-refractivity contribution in [2.75, 3.05) is 0 Å².